The maximum atomic E-state index is 12.3. The number of hydrogen-bond donors (Lipinski definition) is 0. The topological polar surface area (TPSA) is 38.1 Å². The van der Waals surface area contributed by atoms with Crippen molar-refractivity contribution in [3.63, 3.8) is 0 Å². The number of benzene rings is 2. The van der Waals surface area contributed by atoms with E-state index in [1.165, 1.54) is 10.5 Å². The van der Waals surface area contributed by atoms with E-state index in [0.717, 1.165) is 30.8 Å². The van der Waals surface area contributed by atoms with Crippen molar-refractivity contribution in [2.75, 3.05) is 19.3 Å². The van der Waals surface area contributed by atoms with Crippen molar-refractivity contribution in [3.8, 4) is 11.3 Å². The molecule has 0 N–H and O–H groups in total. The quantitative estimate of drug-likeness (QED) is 0.628. The van der Waals surface area contributed by atoms with Gasteiger partial charge >= 0.3 is 0 Å². The van der Waals surface area contributed by atoms with Gasteiger partial charge in [-0.05, 0) is 42.4 Å². The molecular weight excluding hydrogens is 354 g/mol. The van der Waals surface area contributed by atoms with Gasteiger partial charge in [0.05, 0.1) is 12.4 Å². The van der Waals surface area contributed by atoms with Crippen molar-refractivity contribution in [3.05, 3.63) is 82.6 Å². The average molecular weight is 378 g/mol. The average Bonchev–Trinajstić information content (AvgIpc) is 3.19. The number of nitrogens with zero attached hydrogens (tertiary/aromatic N) is 3. The fourth-order valence-corrected chi connectivity index (χ4v) is 4.02. The van der Waals surface area contributed by atoms with E-state index >= 15 is 0 Å². The van der Waals surface area contributed by atoms with Gasteiger partial charge in [0.1, 0.15) is 0 Å². The molecule has 0 aliphatic carbocycles. The standard InChI is InChI=1S/C22H23N3OS/c1-27-20-9-7-18(8-10-20)21-11-12-22(26)25(23-21)16-24-14-13-19(15-24)17-5-3-2-4-6-17/h2-12,19H,13-16H2,1H3/t19-/m0/s1. The molecule has 0 bridgehead atoms. The van der Waals surface area contributed by atoms with Crippen LogP contribution in [0.3, 0.4) is 0 Å². The van der Waals surface area contributed by atoms with E-state index < -0.39 is 0 Å². The lowest BCUT2D eigenvalue weighted by Gasteiger charge is -2.17. The van der Waals surface area contributed by atoms with Crippen LogP contribution in [0.15, 0.2) is 76.4 Å². The summed E-state index contributed by atoms with van der Waals surface area (Å²) < 4.78 is 1.59. The van der Waals surface area contributed by atoms with E-state index in [1.807, 2.05) is 6.07 Å². The predicted molar refractivity (Wildman–Crippen MR) is 111 cm³/mol. The monoisotopic (exact) mass is 377 g/mol. The molecule has 4 rings (SSSR count). The lowest BCUT2D eigenvalue weighted by Crippen LogP contribution is -2.32. The first-order chi connectivity index (χ1) is 13.2. The summed E-state index contributed by atoms with van der Waals surface area (Å²) in [5.74, 6) is 0.532. The van der Waals surface area contributed by atoms with Gasteiger partial charge < -0.3 is 0 Å². The van der Waals surface area contributed by atoms with Gasteiger partial charge in [-0.1, -0.05) is 42.5 Å². The van der Waals surface area contributed by atoms with Gasteiger partial charge in [-0.2, -0.15) is 5.10 Å². The van der Waals surface area contributed by atoms with Crippen LogP contribution < -0.4 is 5.56 Å². The van der Waals surface area contributed by atoms with Gasteiger partial charge in [0.2, 0.25) is 0 Å². The van der Waals surface area contributed by atoms with Crippen molar-refractivity contribution in [1.82, 2.24) is 14.7 Å². The highest BCUT2D eigenvalue weighted by Gasteiger charge is 2.24. The molecule has 1 atom stereocenters. The molecule has 1 aliphatic heterocycles. The van der Waals surface area contributed by atoms with Gasteiger partial charge in [-0.15, -0.1) is 11.8 Å². The molecule has 2 aromatic carbocycles. The molecule has 1 aromatic heterocycles. The summed E-state index contributed by atoms with van der Waals surface area (Å²) >= 11 is 1.72. The zero-order chi connectivity index (χ0) is 18.6. The van der Waals surface area contributed by atoms with Crippen molar-refractivity contribution >= 4 is 11.8 Å². The van der Waals surface area contributed by atoms with Gasteiger partial charge in [0.25, 0.3) is 5.56 Å². The maximum Gasteiger partial charge on any atom is 0.268 e. The molecule has 27 heavy (non-hydrogen) atoms. The third-order valence-corrected chi connectivity index (χ3v) is 5.87. The summed E-state index contributed by atoms with van der Waals surface area (Å²) in [6.07, 6.45) is 3.18. The first kappa shape index (κ1) is 18.0. The second-order valence-electron chi connectivity index (χ2n) is 6.90. The summed E-state index contributed by atoms with van der Waals surface area (Å²) in [4.78, 5) is 15.8. The van der Waals surface area contributed by atoms with Gasteiger partial charge in [-0.25, -0.2) is 4.68 Å². The lowest BCUT2D eigenvalue weighted by atomic mass is 9.99. The molecule has 0 saturated carbocycles. The van der Waals surface area contributed by atoms with Crippen LogP contribution in [0, 0.1) is 0 Å². The Bertz CT molecular complexity index is 953. The fourth-order valence-electron chi connectivity index (χ4n) is 3.61. The Balaban J connectivity index is 1.50. The van der Waals surface area contributed by atoms with Gasteiger partial charge in [0, 0.05) is 29.6 Å². The van der Waals surface area contributed by atoms with Crippen molar-refractivity contribution < 1.29 is 0 Å². The normalized spacial score (nSPS) is 17.3. The second kappa shape index (κ2) is 8.11. The zero-order valence-corrected chi connectivity index (χ0v) is 16.2. The molecule has 3 aromatic rings. The highest BCUT2D eigenvalue weighted by atomic mass is 32.2. The molecule has 1 saturated heterocycles. The summed E-state index contributed by atoms with van der Waals surface area (Å²) in [5, 5.41) is 4.61. The minimum Gasteiger partial charge on any atom is -0.284 e. The first-order valence-electron chi connectivity index (χ1n) is 9.23. The summed E-state index contributed by atoms with van der Waals surface area (Å²) in [7, 11) is 0. The number of rotatable bonds is 5. The number of hydrogen-bond acceptors (Lipinski definition) is 4. The summed E-state index contributed by atoms with van der Waals surface area (Å²) in [6, 6.07) is 22.3. The van der Waals surface area contributed by atoms with Gasteiger partial charge in [0.15, 0.2) is 0 Å². The van der Waals surface area contributed by atoms with E-state index in [4.69, 9.17) is 0 Å². The molecule has 0 amide bonds. The van der Waals surface area contributed by atoms with E-state index in [0.29, 0.717) is 12.6 Å². The summed E-state index contributed by atoms with van der Waals surface area (Å²) in [5.41, 5.74) is 3.19. The van der Waals surface area contributed by atoms with E-state index in [-0.39, 0.29) is 5.56 Å². The molecule has 1 fully saturated rings. The van der Waals surface area contributed by atoms with Crippen LogP contribution in [0.2, 0.25) is 0 Å². The Morgan fingerprint density at radius 1 is 1.04 bits per heavy atom. The fraction of sp³-hybridized carbons (Fsp3) is 0.273. The molecule has 0 spiro atoms. The minimum atomic E-state index is -0.0531. The lowest BCUT2D eigenvalue weighted by molar-refractivity contribution is 0.246. The number of likely N-dealkylation sites (tertiary alicyclic amines) is 1. The van der Waals surface area contributed by atoms with Crippen LogP contribution in [-0.4, -0.2) is 34.0 Å². The Labute approximate surface area is 163 Å². The van der Waals surface area contributed by atoms with Crippen molar-refractivity contribution in [2.45, 2.75) is 23.9 Å². The predicted octanol–water partition coefficient (Wildman–Crippen LogP) is 4.08. The third kappa shape index (κ3) is 4.15. The van der Waals surface area contributed by atoms with Crippen LogP contribution >= 0.6 is 11.8 Å². The molecule has 4 nitrogen and oxygen atoms in total. The van der Waals surface area contributed by atoms with Crippen molar-refractivity contribution in [2.24, 2.45) is 0 Å². The van der Waals surface area contributed by atoms with Crippen LogP contribution in [0.4, 0.5) is 0 Å². The van der Waals surface area contributed by atoms with Crippen LogP contribution in [-0.2, 0) is 6.67 Å². The molecule has 5 heteroatoms. The molecule has 2 heterocycles. The molecule has 138 valence electrons. The Hall–Kier alpha value is -2.37. The molecule has 1 aliphatic rings. The largest absolute Gasteiger partial charge is 0.284 e. The number of thioether (sulfide) groups is 1. The van der Waals surface area contributed by atoms with Crippen LogP contribution in [0.1, 0.15) is 17.9 Å². The minimum absolute atomic E-state index is 0.0531. The zero-order valence-electron chi connectivity index (χ0n) is 15.4. The smallest absolute Gasteiger partial charge is 0.268 e. The number of aromatic nitrogens is 2. The Kier molecular flexibility index (Phi) is 5.41. The first-order valence-corrected chi connectivity index (χ1v) is 10.5. The van der Waals surface area contributed by atoms with Crippen LogP contribution in [0.5, 0.6) is 0 Å². The van der Waals surface area contributed by atoms with E-state index in [2.05, 4.69) is 70.9 Å². The second-order valence-corrected chi connectivity index (χ2v) is 7.78. The maximum absolute atomic E-state index is 12.3. The highest BCUT2D eigenvalue weighted by Crippen LogP contribution is 2.27. The Morgan fingerprint density at radius 2 is 1.81 bits per heavy atom. The molecule has 0 radical (unpaired) electrons. The third-order valence-electron chi connectivity index (χ3n) is 5.13. The van der Waals surface area contributed by atoms with Crippen LogP contribution in [0.25, 0.3) is 11.3 Å². The van der Waals surface area contributed by atoms with Gasteiger partial charge in [-0.3, -0.25) is 9.69 Å². The van der Waals surface area contributed by atoms with E-state index in [1.54, 1.807) is 22.5 Å². The highest BCUT2D eigenvalue weighted by molar-refractivity contribution is 7.98. The SMILES string of the molecule is CSc1ccc(-c2ccc(=O)n(CN3CC[C@H](c4ccccc4)C3)n2)cc1. The van der Waals surface area contributed by atoms with E-state index in [9.17, 15) is 4.79 Å². The molecule has 0 unspecified atom stereocenters. The molecular formula is C22H23N3OS. The Morgan fingerprint density at radius 3 is 2.56 bits per heavy atom. The summed E-state index contributed by atoms with van der Waals surface area (Å²) in [6.45, 7) is 2.49. The van der Waals surface area contributed by atoms with Crippen molar-refractivity contribution in [1.29, 1.82) is 0 Å².